The van der Waals surface area contributed by atoms with Gasteiger partial charge in [0.25, 0.3) is 5.91 Å². The van der Waals surface area contributed by atoms with Crippen molar-refractivity contribution in [1.29, 1.82) is 0 Å². The van der Waals surface area contributed by atoms with E-state index in [-0.39, 0.29) is 23.0 Å². The average molecular weight is 346 g/mol. The maximum absolute atomic E-state index is 12.1. The smallest absolute Gasteiger partial charge is 0.290 e. The summed E-state index contributed by atoms with van der Waals surface area (Å²) in [5.41, 5.74) is 6.12. The normalized spacial score (nSPS) is 16.8. The van der Waals surface area contributed by atoms with Crippen molar-refractivity contribution in [1.82, 2.24) is 5.32 Å². The highest BCUT2D eigenvalue weighted by Crippen LogP contribution is 2.26. The molecule has 2 aliphatic rings. The molecule has 1 aliphatic heterocycles. The molecule has 6 heteroatoms. The fourth-order valence-corrected chi connectivity index (χ4v) is 2.77. The zero-order valence-corrected chi connectivity index (χ0v) is 14.8. The van der Waals surface area contributed by atoms with Crippen molar-refractivity contribution in [2.75, 3.05) is 6.54 Å². The minimum absolute atomic E-state index is 0.132. The van der Waals surface area contributed by atoms with Gasteiger partial charge in [0.2, 0.25) is 11.7 Å². The van der Waals surface area contributed by atoms with Crippen LogP contribution in [0.25, 0.3) is 0 Å². The zero-order valence-electron chi connectivity index (χ0n) is 14.8. The van der Waals surface area contributed by atoms with Gasteiger partial charge < -0.3 is 20.5 Å². The molecule has 0 radical (unpaired) electrons. The third-order valence-electron chi connectivity index (χ3n) is 4.11. The summed E-state index contributed by atoms with van der Waals surface area (Å²) in [6, 6.07) is 0. The molecule has 0 atom stereocenters. The third kappa shape index (κ3) is 6.14. The molecule has 6 nitrogen and oxygen atoms in total. The van der Waals surface area contributed by atoms with Gasteiger partial charge in [-0.25, -0.2) is 0 Å². The highest BCUT2D eigenvalue weighted by atomic mass is 16.5. The Balaban J connectivity index is 1.72. The van der Waals surface area contributed by atoms with Gasteiger partial charge in [0, 0.05) is 13.0 Å². The second kappa shape index (κ2) is 8.55. The van der Waals surface area contributed by atoms with Crippen LogP contribution in [0.2, 0.25) is 0 Å². The number of carbonyl (C=O) groups excluding carboxylic acids is 2. The van der Waals surface area contributed by atoms with Gasteiger partial charge in [-0.1, -0.05) is 32.1 Å². The lowest BCUT2D eigenvalue weighted by molar-refractivity contribution is -0.121. The maximum atomic E-state index is 12.1. The minimum Gasteiger partial charge on any atom is -0.457 e. The van der Waals surface area contributed by atoms with Crippen LogP contribution in [0.3, 0.4) is 0 Å². The second-order valence-corrected chi connectivity index (χ2v) is 7.03. The number of amides is 2. The highest BCUT2D eigenvalue weighted by molar-refractivity contribution is 5.91. The molecule has 2 amide bonds. The van der Waals surface area contributed by atoms with Gasteiger partial charge >= 0.3 is 0 Å². The Bertz CT molecular complexity index is 642. The van der Waals surface area contributed by atoms with E-state index in [1.54, 1.807) is 0 Å². The molecule has 0 unspecified atom stereocenters. The summed E-state index contributed by atoms with van der Waals surface area (Å²) in [7, 11) is 0. The molecule has 0 aromatic rings. The Morgan fingerprint density at radius 1 is 1.28 bits per heavy atom. The van der Waals surface area contributed by atoms with Gasteiger partial charge in [-0.2, -0.15) is 0 Å². The largest absolute Gasteiger partial charge is 0.457 e. The number of nitrogens with two attached hydrogens (primary N) is 1. The van der Waals surface area contributed by atoms with Gasteiger partial charge in [-0.3, -0.25) is 9.59 Å². The van der Waals surface area contributed by atoms with Crippen LogP contribution in [0, 0.1) is 5.41 Å². The molecule has 0 aromatic heterocycles. The number of carbonyl (C=O) groups is 2. The van der Waals surface area contributed by atoms with Crippen molar-refractivity contribution in [2.45, 2.75) is 46.0 Å². The molecule has 136 valence electrons. The monoisotopic (exact) mass is 346 g/mol. The van der Waals surface area contributed by atoms with Gasteiger partial charge in [-0.15, -0.1) is 0 Å². The zero-order chi connectivity index (χ0) is 18.3. The molecule has 1 aliphatic carbocycles. The first-order valence-corrected chi connectivity index (χ1v) is 8.54. The van der Waals surface area contributed by atoms with E-state index in [4.69, 9.17) is 15.2 Å². The summed E-state index contributed by atoms with van der Waals surface area (Å²) in [5.74, 6) is 0.139. The van der Waals surface area contributed by atoms with Crippen molar-refractivity contribution in [3.8, 4) is 0 Å². The van der Waals surface area contributed by atoms with Crippen molar-refractivity contribution < 1.29 is 19.1 Å². The molecule has 0 saturated carbocycles. The Hall–Kier alpha value is -2.50. The molecule has 25 heavy (non-hydrogen) atoms. The molecule has 0 bridgehead atoms. The van der Waals surface area contributed by atoms with Crippen LogP contribution in [0.4, 0.5) is 0 Å². The molecule has 3 N–H and O–H groups in total. The second-order valence-electron chi connectivity index (χ2n) is 7.03. The first-order chi connectivity index (χ1) is 11.9. The van der Waals surface area contributed by atoms with E-state index in [9.17, 15) is 9.59 Å². The van der Waals surface area contributed by atoms with Crippen LogP contribution in [0.1, 0.15) is 46.0 Å². The summed E-state index contributed by atoms with van der Waals surface area (Å²) in [4.78, 5) is 23.1. The lowest BCUT2D eigenvalue weighted by Gasteiger charge is -2.22. The van der Waals surface area contributed by atoms with E-state index >= 15 is 0 Å². The minimum atomic E-state index is -0.319. The van der Waals surface area contributed by atoms with Crippen LogP contribution in [0.5, 0.6) is 0 Å². The van der Waals surface area contributed by atoms with E-state index in [0.29, 0.717) is 18.7 Å². The lowest BCUT2D eigenvalue weighted by atomic mass is 9.84. The van der Waals surface area contributed by atoms with Gasteiger partial charge in [0.05, 0.1) is 0 Å². The van der Waals surface area contributed by atoms with E-state index < -0.39 is 0 Å². The van der Waals surface area contributed by atoms with Gasteiger partial charge in [-0.05, 0) is 36.7 Å². The summed E-state index contributed by atoms with van der Waals surface area (Å²) >= 11 is 0. The summed E-state index contributed by atoms with van der Waals surface area (Å²) in [6.45, 7) is 4.47. The fourth-order valence-electron chi connectivity index (χ4n) is 2.77. The number of hydrogen-bond donors (Lipinski definition) is 2. The average Bonchev–Trinajstić information content (AvgIpc) is 2.58. The molecule has 0 saturated heterocycles. The van der Waals surface area contributed by atoms with Crippen molar-refractivity contribution >= 4 is 11.8 Å². The van der Waals surface area contributed by atoms with Crippen LogP contribution < -0.4 is 11.1 Å². The Labute approximate surface area is 148 Å². The molecular formula is C19H26N2O4. The summed E-state index contributed by atoms with van der Waals surface area (Å²) < 4.78 is 10.9. The quantitative estimate of drug-likeness (QED) is 0.661. The molecular weight excluding hydrogens is 320 g/mol. The predicted octanol–water partition coefficient (Wildman–Crippen LogP) is 2.79. The topological polar surface area (TPSA) is 90.7 Å². The lowest BCUT2D eigenvalue weighted by Crippen LogP contribution is -2.29. The molecule has 2 rings (SSSR count). The summed E-state index contributed by atoms with van der Waals surface area (Å²) in [5, 5.41) is 2.79. The van der Waals surface area contributed by atoms with Crippen LogP contribution in [-0.4, -0.2) is 18.4 Å². The Morgan fingerprint density at radius 3 is 2.68 bits per heavy atom. The van der Waals surface area contributed by atoms with Gasteiger partial charge in [0.15, 0.2) is 5.76 Å². The number of primary amides is 1. The van der Waals surface area contributed by atoms with Crippen LogP contribution in [0.15, 0.2) is 47.8 Å². The predicted molar refractivity (Wildman–Crippen MR) is 94.6 cm³/mol. The summed E-state index contributed by atoms with van der Waals surface area (Å²) in [6.07, 6.45) is 12.6. The van der Waals surface area contributed by atoms with Crippen molar-refractivity contribution in [3.63, 3.8) is 0 Å². The first kappa shape index (κ1) is 18.8. The number of nitrogens with one attached hydrogen (secondary N) is 1. The van der Waals surface area contributed by atoms with Crippen LogP contribution in [-0.2, 0) is 19.1 Å². The Morgan fingerprint density at radius 2 is 2.08 bits per heavy atom. The van der Waals surface area contributed by atoms with Gasteiger partial charge in [0.1, 0.15) is 12.5 Å². The van der Waals surface area contributed by atoms with E-state index in [1.807, 2.05) is 26.0 Å². The standard InChI is InChI=1S/C19H26N2O4/c1-19(2,11-17(20)22)9-6-10-21-18(23)16-13-24-15(12-25-16)14-7-4-3-5-8-14/h3-4,7,12-13H,5-6,8-11H2,1-2H3,(H2,20,22)(H,21,23). The number of rotatable bonds is 8. The maximum Gasteiger partial charge on any atom is 0.290 e. The third-order valence-corrected chi connectivity index (χ3v) is 4.11. The molecule has 0 aromatic carbocycles. The SMILES string of the molecule is CC(C)(CCCNC(=O)C1=COC(C2=CC=CCC2)=CO1)CC(N)=O. The number of allylic oxidation sites excluding steroid dienone is 4. The van der Waals surface area contributed by atoms with Crippen LogP contribution >= 0.6 is 0 Å². The molecule has 1 heterocycles. The highest BCUT2D eigenvalue weighted by Gasteiger charge is 2.21. The molecule has 0 spiro atoms. The first-order valence-electron chi connectivity index (χ1n) is 8.54. The van der Waals surface area contributed by atoms with E-state index in [1.165, 1.54) is 12.5 Å². The van der Waals surface area contributed by atoms with E-state index in [0.717, 1.165) is 31.3 Å². The van der Waals surface area contributed by atoms with Crippen molar-refractivity contribution in [3.05, 3.63) is 47.8 Å². The Kier molecular flexibility index (Phi) is 6.44. The number of hydrogen-bond acceptors (Lipinski definition) is 4. The van der Waals surface area contributed by atoms with E-state index in [2.05, 4.69) is 11.4 Å². The molecule has 0 fully saturated rings. The number of ether oxygens (including phenoxy) is 2. The fraction of sp³-hybridized carbons (Fsp3) is 0.474. The van der Waals surface area contributed by atoms with Crippen molar-refractivity contribution in [2.24, 2.45) is 11.1 Å².